The number of hydrogen-bond acceptors (Lipinski definition) is 2. The summed E-state index contributed by atoms with van der Waals surface area (Å²) in [4.78, 5) is 15.4. The Balaban J connectivity index is 2.06. The number of nitrogens with zero attached hydrogens (tertiary/aromatic N) is 2. The highest BCUT2D eigenvalue weighted by molar-refractivity contribution is 6.32. The van der Waals surface area contributed by atoms with Crippen LogP contribution in [0.4, 0.5) is 4.79 Å². The predicted octanol–water partition coefficient (Wildman–Crippen LogP) is 4.71. The molecule has 0 aliphatic heterocycles. The smallest absolute Gasteiger partial charge is 0.417 e. The van der Waals surface area contributed by atoms with E-state index in [9.17, 15) is 9.90 Å². The van der Waals surface area contributed by atoms with Gasteiger partial charge < -0.3 is 5.11 Å². The SMILES string of the molecule is Cc1nc(Cl)c(-c2ccc(-c3ccccc3)cc2)n1C(=O)O. The Morgan fingerprint density at radius 1 is 1.00 bits per heavy atom. The van der Waals surface area contributed by atoms with E-state index in [2.05, 4.69) is 4.98 Å². The summed E-state index contributed by atoms with van der Waals surface area (Å²) in [5.74, 6) is 0.347. The summed E-state index contributed by atoms with van der Waals surface area (Å²) in [6.07, 6.45) is -1.10. The first-order valence-corrected chi connectivity index (χ1v) is 7.09. The molecule has 0 spiro atoms. The van der Waals surface area contributed by atoms with Gasteiger partial charge in [-0.05, 0) is 18.1 Å². The molecule has 4 nitrogen and oxygen atoms in total. The molecule has 1 N–H and O–H groups in total. The number of carboxylic acid groups (broad SMARTS) is 1. The fraction of sp³-hybridized carbons (Fsp3) is 0.0588. The van der Waals surface area contributed by atoms with Gasteiger partial charge in [0.25, 0.3) is 0 Å². The third-order valence-corrected chi connectivity index (χ3v) is 3.72. The van der Waals surface area contributed by atoms with Gasteiger partial charge in [0, 0.05) is 5.56 Å². The maximum absolute atomic E-state index is 11.4. The van der Waals surface area contributed by atoms with Gasteiger partial charge in [-0.3, -0.25) is 0 Å². The van der Waals surface area contributed by atoms with Crippen LogP contribution < -0.4 is 0 Å². The van der Waals surface area contributed by atoms with Crippen molar-refractivity contribution in [2.24, 2.45) is 0 Å². The second-order valence-corrected chi connectivity index (χ2v) is 5.22. The van der Waals surface area contributed by atoms with Crippen molar-refractivity contribution in [3.8, 4) is 22.4 Å². The fourth-order valence-electron chi connectivity index (χ4n) is 2.43. The first-order chi connectivity index (χ1) is 10.6. The van der Waals surface area contributed by atoms with Crippen molar-refractivity contribution in [3.63, 3.8) is 0 Å². The molecule has 0 atom stereocenters. The van der Waals surface area contributed by atoms with Crippen LogP contribution >= 0.6 is 11.6 Å². The molecular weight excluding hydrogens is 300 g/mol. The second-order valence-electron chi connectivity index (χ2n) is 4.86. The molecule has 0 fully saturated rings. The summed E-state index contributed by atoms with van der Waals surface area (Å²) in [5.41, 5.74) is 3.26. The van der Waals surface area contributed by atoms with Crippen molar-refractivity contribution in [2.45, 2.75) is 6.92 Å². The van der Waals surface area contributed by atoms with Gasteiger partial charge in [-0.1, -0.05) is 66.2 Å². The van der Waals surface area contributed by atoms with Gasteiger partial charge in [-0.25, -0.2) is 14.3 Å². The highest BCUT2D eigenvalue weighted by atomic mass is 35.5. The van der Waals surface area contributed by atoms with Crippen molar-refractivity contribution in [3.05, 3.63) is 65.6 Å². The lowest BCUT2D eigenvalue weighted by Crippen LogP contribution is -2.11. The molecular formula is C17H13ClN2O2. The molecule has 1 heterocycles. The molecule has 1 aromatic heterocycles. The van der Waals surface area contributed by atoms with Gasteiger partial charge in [0.2, 0.25) is 0 Å². The van der Waals surface area contributed by atoms with Crippen LogP contribution in [-0.2, 0) is 0 Å². The molecule has 5 heteroatoms. The Morgan fingerprint density at radius 2 is 1.55 bits per heavy atom. The molecule has 0 unspecified atom stereocenters. The van der Waals surface area contributed by atoms with Crippen LogP contribution in [0.2, 0.25) is 5.15 Å². The summed E-state index contributed by atoms with van der Waals surface area (Å²) in [6, 6.07) is 17.5. The first-order valence-electron chi connectivity index (χ1n) is 6.72. The van der Waals surface area contributed by atoms with Crippen LogP contribution in [0.3, 0.4) is 0 Å². The average molecular weight is 313 g/mol. The van der Waals surface area contributed by atoms with Gasteiger partial charge in [-0.15, -0.1) is 0 Å². The van der Waals surface area contributed by atoms with Crippen LogP contribution in [0.15, 0.2) is 54.6 Å². The van der Waals surface area contributed by atoms with Crippen molar-refractivity contribution in [2.75, 3.05) is 0 Å². The molecule has 0 bridgehead atoms. The molecule has 110 valence electrons. The number of hydrogen-bond donors (Lipinski definition) is 1. The largest absolute Gasteiger partial charge is 0.464 e. The van der Waals surface area contributed by atoms with Crippen molar-refractivity contribution in [1.29, 1.82) is 0 Å². The number of aromatic nitrogens is 2. The lowest BCUT2D eigenvalue weighted by molar-refractivity contribution is 0.196. The van der Waals surface area contributed by atoms with Crippen LogP contribution in [0.5, 0.6) is 0 Å². The van der Waals surface area contributed by atoms with Crippen molar-refractivity contribution >= 4 is 17.7 Å². The lowest BCUT2D eigenvalue weighted by atomic mass is 10.0. The summed E-state index contributed by atoms with van der Waals surface area (Å²) < 4.78 is 1.10. The average Bonchev–Trinajstić information content (AvgIpc) is 2.83. The zero-order chi connectivity index (χ0) is 15.7. The molecule has 0 radical (unpaired) electrons. The molecule has 0 aliphatic carbocycles. The molecule has 0 saturated heterocycles. The van der Waals surface area contributed by atoms with Gasteiger partial charge in [0.15, 0.2) is 5.15 Å². The molecule has 0 amide bonds. The minimum atomic E-state index is -1.10. The first kappa shape index (κ1) is 14.4. The highest BCUT2D eigenvalue weighted by Crippen LogP contribution is 2.30. The Hall–Kier alpha value is -2.59. The molecule has 0 aliphatic rings. The number of rotatable bonds is 2. The normalized spacial score (nSPS) is 10.6. The quantitative estimate of drug-likeness (QED) is 0.746. The summed E-state index contributed by atoms with van der Waals surface area (Å²) >= 11 is 6.09. The zero-order valence-corrected chi connectivity index (χ0v) is 12.6. The van der Waals surface area contributed by atoms with Gasteiger partial charge in [0.05, 0.1) is 5.69 Å². The van der Waals surface area contributed by atoms with Crippen LogP contribution in [0.25, 0.3) is 22.4 Å². The highest BCUT2D eigenvalue weighted by Gasteiger charge is 2.19. The van der Waals surface area contributed by atoms with E-state index in [4.69, 9.17) is 11.6 Å². The number of imidazole rings is 1. The van der Waals surface area contributed by atoms with E-state index < -0.39 is 6.09 Å². The predicted molar refractivity (Wildman–Crippen MR) is 86.3 cm³/mol. The van der Waals surface area contributed by atoms with E-state index in [1.807, 2.05) is 54.6 Å². The Labute approximate surface area is 132 Å². The van der Waals surface area contributed by atoms with E-state index in [0.29, 0.717) is 17.1 Å². The van der Waals surface area contributed by atoms with Crippen LogP contribution in [0.1, 0.15) is 5.82 Å². The van der Waals surface area contributed by atoms with Gasteiger partial charge in [0.1, 0.15) is 5.82 Å². The molecule has 3 rings (SSSR count). The topological polar surface area (TPSA) is 55.1 Å². The molecule has 2 aromatic carbocycles. The minimum Gasteiger partial charge on any atom is -0.464 e. The minimum absolute atomic E-state index is 0.187. The van der Waals surface area contributed by atoms with E-state index in [-0.39, 0.29) is 5.15 Å². The van der Waals surface area contributed by atoms with Gasteiger partial charge in [-0.2, -0.15) is 0 Å². The number of benzene rings is 2. The Kier molecular flexibility index (Phi) is 3.69. The van der Waals surface area contributed by atoms with E-state index in [0.717, 1.165) is 15.7 Å². The third-order valence-electron chi connectivity index (χ3n) is 3.46. The molecule has 22 heavy (non-hydrogen) atoms. The fourth-order valence-corrected chi connectivity index (χ4v) is 2.75. The number of halogens is 1. The number of carbonyl (C=O) groups is 1. The summed E-state index contributed by atoms with van der Waals surface area (Å²) in [7, 11) is 0. The van der Waals surface area contributed by atoms with E-state index >= 15 is 0 Å². The Morgan fingerprint density at radius 3 is 2.14 bits per heavy atom. The summed E-state index contributed by atoms with van der Waals surface area (Å²) in [5, 5.41) is 9.51. The maximum atomic E-state index is 11.4. The van der Waals surface area contributed by atoms with Crippen LogP contribution in [0, 0.1) is 6.92 Å². The van der Waals surface area contributed by atoms with Crippen LogP contribution in [-0.4, -0.2) is 20.8 Å². The van der Waals surface area contributed by atoms with E-state index in [1.165, 1.54) is 0 Å². The summed E-state index contributed by atoms with van der Waals surface area (Å²) in [6.45, 7) is 1.61. The zero-order valence-electron chi connectivity index (χ0n) is 11.8. The van der Waals surface area contributed by atoms with Crippen molar-refractivity contribution < 1.29 is 9.90 Å². The van der Waals surface area contributed by atoms with Crippen molar-refractivity contribution in [1.82, 2.24) is 9.55 Å². The standard InChI is InChI=1S/C17H13ClN2O2/c1-11-19-16(18)15(20(11)17(21)22)14-9-7-13(8-10-14)12-5-3-2-4-6-12/h2-10H,1H3,(H,21,22). The number of aryl methyl sites for hydroxylation is 1. The lowest BCUT2D eigenvalue weighted by Gasteiger charge is -2.07. The van der Waals surface area contributed by atoms with E-state index in [1.54, 1.807) is 6.92 Å². The van der Waals surface area contributed by atoms with Gasteiger partial charge >= 0.3 is 6.09 Å². The third kappa shape index (κ3) is 2.49. The molecule has 3 aromatic rings. The maximum Gasteiger partial charge on any atom is 0.417 e. The monoisotopic (exact) mass is 312 g/mol. The Bertz CT molecular complexity index is 824. The molecule has 0 saturated carbocycles. The second kappa shape index (κ2) is 5.66.